The summed E-state index contributed by atoms with van der Waals surface area (Å²) in [5.74, 6) is 0.0819. The summed E-state index contributed by atoms with van der Waals surface area (Å²) in [4.78, 5) is 12.9. The molecule has 0 unspecified atom stereocenters. The monoisotopic (exact) mass is 156 g/mol. The molecule has 1 aliphatic rings. The number of hydrogen-bond acceptors (Lipinski definition) is 2. The van der Waals surface area contributed by atoms with Gasteiger partial charge in [0.2, 0.25) is 5.91 Å². The molecule has 1 fully saturated rings. The molecular formula is C8H16N2O. The van der Waals surface area contributed by atoms with Gasteiger partial charge in [-0.2, -0.15) is 0 Å². The third-order valence-corrected chi connectivity index (χ3v) is 2.05. The van der Waals surface area contributed by atoms with Crippen LogP contribution in [0.4, 0.5) is 0 Å². The molecule has 0 aromatic carbocycles. The van der Waals surface area contributed by atoms with E-state index >= 15 is 0 Å². The van der Waals surface area contributed by atoms with E-state index in [9.17, 15) is 4.79 Å². The molecule has 11 heavy (non-hydrogen) atoms. The van der Waals surface area contributed by atoms with Crippen LogP contribution in [-0.4, -0.2) is 36.0 Å². The Labute approximate surface area is 67.8 Å². The van der Waals surface area contributed by atoms with E-state index < -0.39 is 0 Å². The van der Waals surface area contributed by atoms with Gasteiger partial charge in [0.05, 0.1) is 6.04 Å². The summed E-state index contributed by atoms with van der Waals surface area (Å²) in [7, 11) is 0. The number of nitrogens with zero attached hydrogens (tertiary/aromatic N) is 1. The second-order valence-electron chi connectivity index (χ2n) is 3.45. The molecule has 0 atom stereocenters. The Bertz CT molecular complexity index is 150. The van der Waals surface area contributed by atoms with E-state index in [0.717, 1.165) is 13.1 Å². The number of likely N-dealkylation sites (tertiary alicyclic amines) is 1. The number of carbonyl (C=O) groups is 1. The summed E-state index contributed by atoms with van der Waals surface area (Å²) in [5.41, 5.74) is 0. The lowest BCUT2D eigenvalue weighted by Gasteiger charge is -2.42. The highest BCUT2D eigenvalue weighted by molar-refractivity contribution is 5.73. The van der Waals surface area contributed by atoms with Crippen molar-refractivity contribution >= 4 is 5.91 Å². The minimum absolute atomic E-state index is 0.0819. The van der Waals surface area contributed by atoms with E-state index in [2.05, 4.69) is 24.1 Å². The van der Waals surface area contributed by atoms with E-state index in [1.807, 2.05) is 0 Å². The van der Waals surface area contributed by atoms with Gasteiger partial charge in [0.25, 0.3) is 0 Å². The van der Waals surface area contributed by atoms with Gasteiger partial charge < -0.3 is 5.32 Å². The van der Waals surface area contributed by atoms with Crippen LogP contribution in [0.5, 0.6) is 0 Å². The molecular weight excluding hydrogens is 140 g/mol. The molecule has 0 bridgehead atoms. The van der Waals surface area contributed by atoms with Crippen molar-refractivity contribution < 1.29 is 4.79 Å². The molecule has 3 nitrogen and oxygen atoms in total. The molecule has 0 saturated carbocycles. The summed E-state index contributed by atoms with van der Waals surface area (Å²) in [6.07, 6.45) is 0. The van der Waals surface area contributed by atoms with Gasteiger partial charge in [-0.3, -0.25) is 9.69 Å². The van der Waals surface area contributed by atoms with Crippen molar-refractivity contribution in [2.24, 2.45) is 0 Å². The Balaban J connectivity index is 2.14. The zero-order chi connectivity index (χ0) is 8.43. The van der Waals surface area contributed by atoms with Crippen molar-refractivity contribution in [2.75, 3.05) is 13.1 Å². The van der Waals surface area contributed by atoms with Crippen molar-refractivity contribution in [3.8, 4) is 0 Å². The number of hydrogen-bond donors (Lipinski definition) is 1. The summed E-state index contributed by atoms with van der Waals surface area (Å²) in [6, 6.07) is 1.01. The van der Waals surface area contributed by atoms with Gasteiger partial charge in [0.15, 0.2) is 0 Å². The van der Waals surface area contributed by atoms with Gasteiger partial charge >= 0.3 is 0 Å². The van der Waals surface area contributed by atoms with Crippen molar-refractivity contribution in [2.45, 2.75) is 32.9 Å². The predicted molar refractivity (Wildman–Crippen MR) is 44.3 cm³/mol. The SMILES string of the molecule is CC(=O)NC1CN(C(C)C)C1. The number of nitrogens with one attached hydrogen (secondary N) is 1. The molecule has 0 aromatic rings. The minimum atomic E-state index is 0.0819. The normalized spacial score (nSPS) is 20.0. The molecule has 0 spiro atoms. The highest BCUT2D eigenvalue weighted by atomic mass is 16.1. The second-order valence-corrected chi connectivity index (χ2v) is 3.45. The molecule has 1 heterocycles. The highest BCUT2D eigenvalue weighted by Gasteiger charge is 2.28. The van der Waals surface area contributed by atoms with Crippen LogP contribution < -0.4 is 5.32 Å². The third kappa shape index (κ3) is 2.19. The van der Waals surface area contributed by atoms with E-state index in [1.54, 1.807) is 6.92 Å². The molecule has 1 aliphatic heterocycles. The van der Waals surface area contributed by atoms with Crippen molar-refractivity contribution in [1.82, 2.24) is 10.2 Å². The van der Waals surface area contributed by atoms with Crippen molar-refractivity contribution in [3.05, 3.63) is 0 Å². The Morgan fingerprint density at radius 3 is 2.45 bits per heavy atom. The van der Waals surface area contributed by atoms with Gasteiger partial charge in [-0.05, 0) is 13.8 Å². The topological polar surface area (TPSA) is 32.3 Å². The minimum Gasteiger partial charge on any atom is -0.351 e. The quantitative estimate of drug-likeness (QED) is 0.620. The summed E-state index contributed by atoms with van der Waals surface area (Å²) in [5, 5.41) is 2.88. The maximum atomic E-state index is 10.6. The molecule has 1 saturated heterocycles. The lowest BCUT2D eigenvalue weighted by molar-refractivity contribution is -0.121. The first kappa shape index (κ1) is 8.53. The fourth-order valence-electron chi connectivity index (χ4n) is 1.31. The van der Waals surface area contributed by atoms with Crippen LogP contribution in [0.1, 0.15) is 20.8 Å². The standard InChI is InChI=1S/C8H16N2O/c1-6(2)10-4-8(5-10)9-7(3)11/h6,8H,4-5H2,1-3H3,(H,9,11). The zero-order valence-corrected chi connectivity index (χ0v) is 7.42. The number of carbonyl (C=O) groups excluding carboxylic acids is 1. The Kier molecular flexibility index (Phi) is 2.49. The first-order valence-corrected chi connectivity index (χ1v) is 4.10. The molecule has 64 valence electrons. The first-order chi connectivity index (χ1) is 5.09. The third-order valence-electron chi connectivity index (χ3n) is 2.05. The molecule has 1 N–H and O–H groups in total. The number of amides is 1. The molecule has 0 aliphatic carbocycles. The van der Waals surface area contributed by atoms with E-state index in [-0.39, 0.29) is 5.91 Å². The van der Waals surface area contributed by atoms with Crippen LogP contribution in [0.2, 0.25) is 0 Å². The Morgan fingerprint density at radius 1 is 1.55 bits per heavy atom. The fourth-order valence-corrected chi connectivity index (χ4v) is 1.31. The zero-order valence-electron chi connectivity index (χ0n) is 7.42. The van der Waals surface area contributed by atoms with Gasteiger partial charge in [-0.15, -0.1) is 0 Å². The lowest BCUT2D eigenvalue weighted by Crippen LogP contribution is -2.60. The van der Waals surface area contributed by atoms with Crippen LogP contribution in [0.15, 0.2) is 0 Å². The van der Waals surface area contributed by atoms with E-state index in [4.69, 9.17) is 0 Å². The maximum Gasteiger partial charge on any atom is 0.217 e. The average Bonchev–Trinajstić information content (AvgIpc) is 1.75. The smallest absolute Gasteiger partial charge is 0.217 e. The molecule has 3 heteroatoms. The van der Waals surface area contributed by atoms with Crippen molar-refractivity contribution in [3.63, 3.8) is 0 Å². The Morgan fingerprint density at radius 2 is 2.09 bits per heavy atom. The van der Waals surface area contributed by atoms with Gasteiger partial charge in [-0.1, -0.05) is 0 Å². The van der Waals surface area contributed by atoms with Gasteiger partial charge in [0, 0.05) is 26.1 Å². The Hall–Kier alpha value is -0.570. The van der Waals surface area contributed by atoms with Crippen molar-refractivity contribution in [1.29, 1.82) is 0 Å². The maximum absolute atomic E-state index is 10.6. The van der Waals surface area contributed by atoms with Crippen LogP contribution in [0, 0.1) is 0 Å². The van der Waals surface area contributed by atoms with Crippen LogP contribution >= 0.6 is 0 Å². The first-order valence-electron chi connectivity index (χ1n) is 4.10. The van der Waals surface area contributed by atoms with E-state index in [0.29, 0.717) is 12.1 Å². The fraction of sp³-hybridized carbons (Fsp3) is 0.875. The molecule has 1 amide bonds. The largest absolute Gasteiger partial charge is 0.351 e. The lowest BCUT2D eigenvalue weighted by atomic mass is 10.1. The predicted octanol–water partition coefficient (Wildman–Crippen LogP) is 0.215. The van der Waals surface area contributed by atoms with Crippen LogP contribution in [0.3, 0.4) is 0 Å². The average molecular weight is 156 g/mol. The molecule has 1 rings (SSSR count). The summed E-state index contributed by atoms with van der Waals surface area (Å²) < 4.78 is 0. The summed E-state index contributed by atoms with van der Waals surface area (Å²) >= 11 is 0. The highest BCUT2D eigenvalue weighted by Crippen LogP contribution is 2.10. The number of rotatable bonds is 2. The van der Waals surface area contributed by atoms with E-state index in [1.165, 1.54) is 0 Å². The molecule has 0 radical (unpaired) electrons. The molecule has 0 aromatic heterocycles. The van der Waals surface area contributed by atoms with Crippen LogP contribution in [-0.2, 0) is 4.79 Å². The van der Waals surface area contributed by atoms with Crippen LogP contribution in [0.25, 0.3) is 0 Å². The van der Waals surface area contributed by atoms with Gasteiger partial charge in [0.1, 0.15) is 0 Å². The van der Waals surface area contributed by atoms with Gasteiger partial charge in [-0.25, -0.2) is 0 Å². The summed E-state index contributed by atoms with van der Waals surface area (Å²) in [6.45, 7) is 7.93. The second kappa shape index (κ2) is 3.22.